The van der Waals surface area contributed by atoms with E-state index in [1.807, 2.05) is 59.5 Å². The molecule has 0 aliphatic carbocycles. The third-order valence-corrected chi connectivity index (χ3v) is 5.61. The van der Waals surface area contributed by atoms with Crippen LogP contribution in [0.15, 0.2) is 77.3 Å². The van der Waals surface area contributed by atoms with Crippen molar-refractivity contribution >= 4 is 28.7 Å². The number of hydrogen-bond donors (Lipinski definition) is 0. The molecule has 1 aliphatic rings. The van der Waals surface area contributed by atoms with E-state index in [-0.39, 0.29) is 23.3 Å². The van der Waals surface area contributed by atoms with Gasteiger partial charge in [0.1, 0.15) is 16.8 Å². The minimum atomic E-state index is -0.324. The average Bonchev–Trinajstić information content (AvgIpc) is 3.29. The second-order valence-electron chi connectivity index (χ2n) is 6.90. The van der Waals surface area contributed by atoms with Gasteiger partial charge < -0.3 is 9.32 Å². The smallest absolute Gasteiger partial charge is 0.300 e. The highest BCUT2D eigenvalue weighted by Gasteiger charge is 2.45. The van der Waals surface area contributed by atoms with Gasteiger partial charge in [0.2, 0.25) is 0 Å². The lowest BCUT2D eigenvalue weighted by Crippen LogP contribution is -2.29. The Morgan fingerprint density at radius 1 is 1.00 bits per heavy atom. The second kappa shape index (κ2) is 6.91. The first-order valence-corrected chi connectivity index (χ1v) is 9.59. The van der Waals surface area contributed by atoms with Gasteiger partial charge in [-0.15, -0.1) is 0 Å². The number of nitrogens with zero attached hydrogens (tertiary/aromatic N) is 3. The molecular weight excluding hydrogens is 377 g/mol. The van der Waals surface area contributed by atoms with Crippen molar-refractivity contribution in [3.8, 4) is 0 Å². The van der Waals surface area contributed by atoms with Crippen LogP contribution in [0.3, 0.4) is 0 Å². The van der Waals surface area contributed by atoms with Crippen LogP contribution in [0.1, 0.15) is 29.6 Å². The Hall–Kier alpha value is -2.92. The lowest BCUT2D eigenvalue weighted by Gasteiger charge is -2.28. The summed E-state index contributed by atoms with van der Waals surface area (Å²) in [7, 11) is 0. The Labute approximate surface area is 166 Å². The molecule has 3 heterocycles. The molecule has 0 saturated carbocycles. The molecule has 140 valence electrons. The van der Waals surface area contributed by atoms with E-state index in [0.29, 0.717) is 18.0 Å². The summed E-state index contributed by atoms with van der Waals surface area (Å²) < 4.78 is 19.5. The summed E-state index contributed by atoms with van der Waals surface area (Å²) in [5.41, 5.74) is 3.07. The summed E-state index contributed by atoms with van der Waals surface area (Å²) in [4.78, 5) is 11.2. The Morgan fingerprint density at radius 2 is 1.79 bits per heavy atom. The number of alkyl halides is 1. The zero-order valence-corrected chi connectivity index (χ0v) is 15.6. The molecule has 0 N–H and O–H groups in total. The highest BCUT2D eigenvalue weighted by molar-refractivity contribution is 6.22. The van der Waals surface area contributed by atoms with E-state index in [4.69, 9.17) is 16.0 Å². The summed E-state index contributed by atoms with van der Waals surface area (Å²) in [5.74, 6) is -0.220. The average molecular weight is 394 g/mol. The maximum Gasteiger partial charge on any atom is 0.300 e. The van der Waals surface area contributed by atoms with Gasteiger partial charge in [0.05, 0.1) is 11.7 Å². The van der Waals surface area contributed by atoms with Crippen LogP contribution >= 0.6 is 11.6 Å². The predicted molar refractivity (Wildman–Crippen MR) is 107 cm³/mol. The first kappa shape index (κ1) is 17.2. The maximum atomic E-state index is 13.5. The number of para-hydroxylation sites is 2. The fraction of sp³-hybridized carbons (Fsp3) is 0.182. The molecule has 4 aromatic rings. The monoisotopic (exact) mass is 393 g/mol. The second-order valence-corrected chi connectivity index (χ2v) is 7.40. The maximum absolute atomic E-state index is 13.5. The van der Waals surface area contributed by atoms with Gasteiger partial charge in [-0.1, -0.05) is 41.9 Å². The number of anilines is 1. The molecule has 5 rings (SSSR count). The fourth-order valence-corrected chi connectivity index (χ4v) is 4.35. The van der Waals surface area contributed by atoms with Crippen molar-refractivity contribution in [3.05, 3.63) is 90.0 Å². The van der Waals surface area contributed by atoms with Crippen molar-refractivity contribution in [1.82, 2.24) is 9.97 Å². The Balaban J connectivity index is 1.63. The normalized spacial score (nSPS) is 22.1. The molecule has 4 nitrogen and oxygen atoms in total. The van der Waals surface area contributed by atoms with Crippen LogP contribution < -0.4 is 4.90 Å². The molecule has 3 atom stereocenters. The summed E-state index contributed by atoms with van der Waals surface area (Å²) in [6.07, 6.45) is 2.44. The molecule has 6 heteroatoms. The lowest BCUT2D eigenvalue weighted by molar-refractivity contribution is 0.530. The number of rotatable bonds is 3. The van der Waals surface area contributed by atoms with Crippen LogP contribution in [0, 0.1) is 5.82 Å². The van der Waals surface area contributed by atoms with Crippen molar-refractivity contribution in [3.63, 3.8) is 0 Å². The topological polar surface area (TPSA) is 42.2 Å². The molecule has 1 saturated heterocycles. The number of aromatic nitrogens is 2. The van der Waals surface area contributed by atoms with Crippen LogP contribution in [0.25, 0.3) is 11.1 Å². The zero-order valence-electron chi connectivity index (χ0n) is 14.9. The lowest BCUT2D eigenvalue weighted by atomic mass is 9.89. The Morgan fingerprint density at radius 3 is 2.54 bits per heavy atom. The number of benzene rings is 2. The van der Waals surface area contributed by atoms with Gasteiger partial charge in [0.15, 0.2) is 5.58 Å². The van der Waals surface area contributed by atoms with E-state index >= 15 is 0 Å². The highest BCUT2D eigenvalue weighted by atomic mass is 35.5. The van der Waals surface area contributed by atoms with E-state index in [2.05, 4.69) is 9.97 Å². The predicted octanol–water partition coefficient (Wildman–Crippen LogP) is 5.66. The van der Waals surface area contributed by atoms with Crippen molar-refractivity contribution in [2.75, 3.05) is 4.90 Å². The molecule has 1 fully saturated rings. The summed E-state index contributed by atoms with van der Waals surface area (Å²) in [6.45, 7) is 0. The standard InChI is InChI=1S/C22H17ClFN3O/c23-20-13-16(14-8-10-15(24)11-9-14)21(18-6-3-4-12-25-18)27(20)22-26-17-5-1-2-7-19(17)28-22/h1-12,16,20-21H,13H2. The summed E-state index contributed by atoms with van der Waals surface area (Å²) in [6, 6.07) is 20.4. The van der Waals surface area contributed by atoms with Crippen molar-refractivity contribution in [2.45, 2.75) is 23.9 Å². The molecule has 0 radical (unpaired) electrons. The first-order valence-electron chi connectivity index (χ1n) is 9.15. The molecular formula is C22H17ClFN3O. The van der Waals surface area contributed by atoms with Gasteiger partial charge >= 0.3 is 0 Å². The van der Waals surface area contributed by atoms with E-state index < -0.39 is 0 Å². The van der Waals surface area contributed by atoms with Crippen LogP contribution in [0.5, 0.6) is 0 Å². The van der Waals surface area contributed by atoms with Gasteiger partial charge in [-0.3, -0.25) is 4.98 Å². The minimum absolute atomic E-state index is 0.0352. The SMILES string of the molecule is Fc1ccc(C2CC(Cl)N(c3nc4ccccc4o3)C2c2ccccn2)cc1. The molecule has 0 bridgehead atoms. The van der Waals surface area contributed by atoms with Crippen molar-refractivity contribution in [1.29, 1.82) is 0 Å². The van der Waals surface area contributed by atoms with E-state index in [1.54, 1.807) is 6.20 Å². The third-order valence-electron chi connectivity index (χ3n) is 5.22. The molecule has 0 amide bonds. The molecule has 3 unspecified atom stereocenters. The summed E-state index contributed by atoms with van der Waals surface area (Å²) in [5, 5.41) is 0. The molecule has 28 heavy (non-hydrogen) atoms. The third kappa shape index (κ3) is 2.92. The minimum Gasteiger partial charge on any atom is -0.423 e. The molecule has 1 aliphatic heterocycles. The molecule has 2 aromatic heterocycles. The van der Waals surface area contributed by atoms with Crippen LogP contribution in [0.2, 0.25) is 0 Å². The Kier molecular flexibility index (Phi) is 4.24. The largest absolute Gasteiger partial charge is 0.423 e. The van der Waals surface area contributed by atoms with Gasteiger partial charge in [-0.05, 0) is 48.4 Å². The molecule has 0 spiro atoms. The fourth-order valence-electron chi connectivity index (χ4n) is 3.96. The van der Waals surface area contributed by atoms with E-state index in [1.165, 1.54) is 12.1 Å². The summed E-state index contributed by atoms with van der Waals surface area (Å²) >= 11 is 6.78. The molecule has 2 aromatic carbocycles. The van der Waals surface area contributed by atoms with Gasteiger partial charge in [-0.25, -0.2) is 4.39 Å². The quantitative estimate of drug-likeness (QED) is 0.332. The van der Waals surface area contributed by atoms with Crippen molar-refractivity contribution < 1.29 is 8.81 Å². The highest BCUT2D eigenvalue weighted by Crippen LogP contribution is 2.49. The van der Waals surface area contributed by atoms with Gasteiger partial charge in [0.25, 0.3) is 6.01 Å². The van der Waals surface area contributed by atoms with Gasteiger partial charge in [-0.2, -0.15) is 4.98 Å². The number of hydrogen-bond acceptors (Lipinski definition) is 4. The van der Waals surface area contributed by atoms with Crippen LogP contribution in [-0.4, -0.2) is 15.5 Å². The zero-order chi connectivity index (χ0) is 19.1. The number of halogens is 2. The van der Waals surface area contributed by atoms with E-state index in [9.17, 15) is 4.39 Å². The number of fused-ring (bicyclic) bond motifs is 1. The number of oxazole rings is 1. The van der Waals surface area contributed by atoms with Gasteiger partial charge in [0, 0.05) is 12.1 Å². The van der Waals surface area contributed by atoms with E-state index in [0.717, 1.165) is 16.8 Å². The first-order chi connectivity index (χ1) is 13.7. The Bertz CT molecular complexity index is 1070. The van der Waals surface area contributed by atoms with Crippen molar-refractivity contribution in [2.24, 2.45) is 0 Å². The van der Waals surface area contributed by atoms with Crippen LogP contribution in [0.4, 0.5) is 10.4 Å². The number of pyridine rings is 1. The van der Waals surface area contributed by atoms with Crippen LogP contribution in [-0.2, 0) is 0 Å².